The average Bonchev–Trinajstić information content (AvgIpc) is 2.35. The Morgan fingerprint density at radius 1 is 1.17 bits per heavy atom. The Morgan fingerprint density at radius 2 is 1.89 bits per heavy atom. The molecule has 0 aliphatic carbocycles. The number of aromatic nitrogens is 1. The van der Waals surface area contributed by atoms with Crippen LogP contribution >= 0.6 is 23.2 Å². The summed E-state index contributed by atoms with van der Waals surface area (Å²) in [6.07, 6.45) is 0. The van der Waals surface area contributed by atoms with Crippen molar-refractivity contribution in [3.63, 3.8) is 0 Å². The normalized spacial score (nSPS) is 10.2. The minimum absolute atomic E-state index is 0.333. The van der Waals surface area contributed by atoms with Crippen molar-refractivity contribution in [2.45, 2.75) is 6.92 Å². The molecule has 1 heterocycles. The molecule has 94 valence electrons. The zero-order valence-electron chi connectivity index (χ0n) is 10.00. The van der Waals surface area contributed by atoms with E-state index >= 15 is 0 Å². The van der Waals surface area contributed by atoms with E-state index in [0.29, 0.717) is 21.7 Å². The number of anilines is 1. The lowest BCUT2D eigenvalue weighted by Gasteiger charge is -2.11. The van der Waals surface area contributed by atoms with E-state index in [4.69, 9.17) is 27.9 Å². The van der Waals surface area contributed by atoms with Crippen LogP contribution < -0.4 is 10.1 Å². The Labute approximate surface area is 116 Å². The smallest absolute Gasteiger partial charge is 0.240 e. The summed E-state index contributed by atoms with van der Waals surface area (Å²) in [5.41, 5.74) is 1.01. The highest BCUT2D eigenvalue weighted by Gasteiger charge is 2.11. The number of nitrogens with one attached hydrogen (secondary N) is 1. The highest BCUT2D eigenvalue weighted by molar-refractivity contribution is 6.36. The molecule has 0 aliphatic heterocycles. The molecule has 5 heteroatoms. The summed E-state index contributed by atoms with van der Waals surface area (Å²) in [6, 6.07) is 9.26. The zero-order chi connectivity index (χ0) is 13.1. The number of para-hydroxylation sites is 1. The fourth-order valence-corrected chi connectivity index (χ4v) is 1.96. The van der Waals surface area contributed by atoms with Gasteiger partial charge in [-0.25, -0.2) is 0 Å². The highest BCUT2D eigenvalue weighted by Crippen LogP contribution is 2.34. The van der Waals surface area contributed by atoms with Crippen molar-refractivity contribution in [3.05, 3.63) is 45.9 Å². The van der Waals surface area contributed by atoms with E-state index in [2.05, 4.69) is 10.3 Å². The van der Waals surface area contributed by atoms with Crippen LogP contribution in [0.4, 0.5) is 5.82 Å². The summed E-state index contributed by atoms with van der Waals surface area (Å²) in [5, 5.41) is 3.72. The summed E-state index contributed by atoms with van der Waals surface area (Å²) in [4.78, 5) is 4.23. The molecule has 0 unspecified atom stereocenters. The van der Waals surface area contributed by atoms with Crippen molar-refractivity contribution >= 4 is 29.0 Å². The highest BCUT2D eigenvalue weighted by atomic mass is 35.5. The molecule has 0 radical (unpaired) electrons. The maximum atomic E-state index is 6.06. The topological polar surface area (TPSA) is 34.2 Å². The van der Waals surface area contributed by atoms with E-state index in [9.17, 15) is 0 Å². The molecule has 0 spiro atoms. The van der Waals surface area contributed by atoms with Crippen LogP contribution in [0.15, 0.2) is 30.3 Å². The van der Waals surface area contributed by atoms with Gasteiger partial charge in [0, 0.05) is 7.05 Å². The van der Waals surface area contributed by atoms with Crippen LogP contribution in [0.5, 0.6) is 11.6 Å². The van der Waals surface area contributed by atoms with Gasteiger partial charge in [0.1, 0.15) is 16.6 Å². The number of hydrogen-bond acceptors (Lipinski definition) is 3. The Balaban J connectivity index is 2.38. The summed E-state index contributed by atoms with van der Waals surface area (Å²) in [6.45, 7) is 1.96. The molecular weight excluding hydrogens is 271 g/mol. The monoisotopic (exact) mass is 282 g/mol. The summed E-state index contributed by atoms with van der Waals surface area (Å²) >= 11 is 12.0. The predicted molar refractivity (Wildman–Crippen MR) is 75.1 cm³/mol. The lowest BCUT2D eigenvalue weighted by Crippen LogP contribution is -1.97. The average molecular weight is 283 g/mol. The lowest BCUT2D eigenvalue weighted by molar-refractivity contribution is 0.460. The van der Waals surface area contributed by atoms with Crippen LogP contribution in [0.3, 0.4) is 0 Å². The molecule has 0 aliphatic rings. The minimum Gasteiger partial charge on any atom is -0.437 e. The third kappa shape index (κ3) is 2.68. The zero-order valence-corrected chi connectivity index (χ0v) is 11.5. The Kier molecular flexibility index (Phi) is 3.94. The molecule has 0 bridgehead atoms. The molecule has 2 aromatic rings. The van der Waals surface area contributed by atoms with Gasteiger partial charge in [-0.15, -0.1) is 0 Å². The van der Waals surface area contributed by atoms with Crippen LogP contribution in [0, 0.1) is 6.92 Å². The van der Waals surface area contributed by atoms with E-state index in [1.807, 2.05) is 31.2 Å². The first-order chi connectivity index (χ1) is 8.61. The summed E-state index contributed by atoms with van der Waals surface area (Å²) in [5.74, 6) is 1.58. The summed E-state index contributed by atoms with van der Waals surface area (Å²) < 4.78 is 5.70. The van der Waals surface area contributed by atoms with Crippen LogP contribution in [-0.2, 0) is 0 Å². The number of rotatable bonds is 3. The van der Waals surface area contributed by atoms with E-state index in [1.165, 1.54) is 0 Å². The first-order valence-electron chi connectivity index (χ1n) is 5.39. The number of aryl methyl sites for hydroxylation is 1. The predicted octanol–water partition coefficient (Wildman–Crippen LogP) is 4.53. The first kappa shape index (κ1) is 13.0. The van der Waals surface area contributed by atoms with Gasteiger partial charge in [0.2, 0.25) is 5.88 Å². The maximum absolute atomic E-state index is 6.06. The van der Waals surface area contributed by atoms with E-state index in [-0.39, 0.29) is 0 Å². The molecule has 1 aromatic carbocycles. The number of halogens is 2. The molecule has 0 saturated carbocycles. The van der Waals surface area contributed by atoms with Gasteiger partial charge in [-0.2, -0.15) is 4.98 Å². The van der Waals surface area contributed by atoms with Gasteiger partial charge in [-0.05, 0) is 24.6 Å². The molecular formula is C13H12Cl2N2O. The molecule has 0 fully saturated rings. The van der Waals surface area contributed by atoms with Crippen molar-refractivity contribution in [2.24, 2.45) is 0 Å². The SMILES string of the molecule is CNc1nc(Oc2ccccc2C)c(Cl)cc1Cl. The van der Waals surface area contributed by atoms with Gasteiger partial charge < -0.3 is 10.1 Å². The Bertz CT molecular complexity index is 573. The lowest BCUT2D eigenvalue weighted by atomic mass is 10.2. The van der Waals surface area contributed by atoms with Gasteiger partial charge in [0.05, 0.1) is 5.02 Å². The number of hydrogen-bond donors (Lipinski definition) is 1. The maximum Gasteiger partial charge on any atom is 0.240 e. The largest absolute Gasteiger partial charge is 0.437 e. The van der Waals surface area contributed by atoms with Crippen LogP contribution in [-0.4, -0.2) is 12.0 Å². The number of pyridine rings is 1. The molecule has 2 rings (SSSR count). The van der Waals surface area contributed by atoms with Crippen molar-refractivity contribution < 1.29 is 4.74 Å². The summed E-state index contributed by atoms with van der Waals surface area (Å²) in [7, 11) is 1.74. The van der Waals surface area contributed by atoms with Gasteiger partial charge in [-0.1, -0.05) is 41.4 Å². The molecule has 1 N–H and O–H groups in total. The van der Waals surface area contributed by atoms with Crippen molar-refractivity contribution in [2.75, 3.05) is 12.4 Å². The molecule has 1 aromatic heterocycles. The number of ether oxygens (including phenoxy) is 1. The fourth-order valence-electron chi connectivity index (χ4n) is 1.47. The third-order valence-electron chi connectivity index (χ3n) is 2.43. The van der Waals surface area contributed by atoms with Crippen LogP contribution in [0.1, 0.15) is 5.56 Å². The van der Waals surface area contributed by atoms with Crippen LogP contribution in [0.25, 0.3) is 0 Å². The van der Waals surface area contributed by atoms with E-state index < -0.39 is 0 Å². The van der Waals surface area contributed by atoms with Gasteiger partial charge in [0.25, 0.3) is 0 Å². The molecule has 0 atom stereocenters. The minimum atomic E-state index is 0.333. The quantitative estimate of drug-likeness (QED) is 0.898. The molecule has 0 amide bonds. The number of nitrogens with zero attached hydrogens (tertiary/aromatic N) is 1. The molecule has 3 nitrogen and oxygen atoms in total. The second-order valence-electron chi connectivity index (χ2n) is 3.72. The van der Waals surface area contributed by atoms with E-state index in [1.54, 1.807) is 13.1 Å². The number of benzene rings is 1. The Morgan fingerprint density at radius 3 is 2.56 bits per heavy atom. The fraction of sp³-hybridized carbons (Fsp3) is 0.154. The second-order valence-corrected chi connectivity index (χ2v) is 4.54. The van der Waals surface area contributed by atoms with Crippen molar-refractivity contribution in [1.29, 1.82) is 0 Å². The third-order valence-corrected chi connectivity index (χ3v) is 2.99. The van der Waals surface area contributed by atoms with Gasteiger partial charge in [-0.3, -0.25) is 0 Å². The molecule has 0 saturated heterocycles. The standard InChI is InChI=1S/C13H12Cl2N2O/c1-8-5-3-4-6-11(8)18-13-10(15)7-9(14)12(16-2)17-13/h3-7H,1-2H3,(H,16,17). The second kappa shape index (κ2) is 5.46. The first-order valence-corrected chi connectivity index (χ1v) is 6.14. The van der Waals surface area contributed by atoms with Crippen molar-refractivity contribution in [1.82, 2.24) is 4.98 Å². The molecule has 18 heavy (non-hydrogen) atoms. The van der Waals surface area contributed by atoms with E-state index in [0.717, 1.165) is 11.3 Å². The van der Waals surface area contributed by atoms with Gasteiger partial charge >= 0.3 is 0 Å². The van der Waals surface area contributed by atoms with Crippen LogP contribution in [0.2, 0.25) is 10.0 Å². The van der Waals surface area contributed by atoms with Gasteiger partial charge in [0.15, 0.2) is 0 Å². The van der Waals surface area contributed by atoms with Crippen molar-refractivity contribution in [3.8, 4) is 11.6 Å². The Hall–Kier alpha value is -1.45.